The first-order valence-corrected chi connectivity index (χ1v) is 10.5. The van der Waals surface area contributed by atoms with E-state index < -0.39 is 0 Å². The van der Waals surface area contributed by atoms with Crippen molar-refractivity contribution in [2.75, 3.05) is 18.9 Å². The van der Waals surface area contributed by atoms with Gasteiger partial charge in [0.25, 0.3) is 0 Å². The fraction of sp³-hybridized carbons (Fsp3) is 0.280. The van der Waals surface area contributed by atoms with Crippen LogP contribution >= 0.6 is 0 Å². The van der Waals surface area contributed by atoms with Gasteiger partial charge in [-0.25, -0.2) is 5.43 Å². The monoisotopic (exact) mass is 403 g/mol. The molecule has 0 spiro atoms. The average molecular weight is 404 g/mol. The number of aryl methyl sites for hydroxylation is 1. The molecule has 1 fully saturated rings. The fourth-order valence-electron chi connectivity index (χ4n) is 3.62. The van der Waals surface area contributed by atoms with Crippen molar-refractivity contribution in [2.45, 2.75) is 31.3 Å². The number of nitrogens with two attached hydrogens (primary N) is 1. The summed E-state index contributed by atoms with van der Waals surface area (Å²) in [6.45, 7) is 1.33. The van der Waals surface area contributed by atoms with Crippen molar-refractivity contribution in [1.29, 1.82) is 0 Å². The molecule has 3 aromatic carbocycles. The van der Waals surface area contributed by atoms with Crippen LogP contribution in [0.2, 0.25) is 0 Å². The molecule has 1 saturated heterocycles. The third-order valence-electron chi connectivity index (χ3n) is 5.32. The smallest absolute Gasteiger partial charge is 0.119 e. The Morgan fingerprint density at radius 1 is 0.800 bits per heavy atom. The Hall–Kier alpha value is -3.02. The van der Waals surface area contributed by atoms with E-state index in [0.29, 0.717) is 6.61 Å². The summed E-state index contributed by atoms with van der Waals surface area (Å²) in [4.78, 5) is 0. The van der Waals surface area contributed by atoms with Gasteiger partial charge in [0, 0.05) is 11.7 Å². The molecule has 5 heteroatoms. The first-order chi connectivity index (χ1) is 14.8. The largest absolute Gasteiger partial charge is 0.494 e. The van der Waals surface area contributed by atoms with Crippen LogP contribution in [-0.2, 0) is 6.42 Å². The van der Waals surface area contributed by atoms with E-state index in [1.54, 1.807) is 0 Å². The molecule has 1 heterocycles. The minimum Gasteiger partial charge on any atom is -0.494 e. The van der Waals surface area contributed by atoms with Crippen LogP contribution in [0.3, 0.4) is 0 Å². The number of anilines is 1. The summed E-state index contributed by atoms with van der Waals surface area (Å²) in [7, 11) is 0. The average Bonchev–Trinajstić information content (AvgIpc) is 3.27. The lowest BCUT2D eigenvalue weighted by Gasteiger charge is -2.12. The van der Waals surface area contributed by atoms with E-state index in [9.17, 15) is 0 Å². The number of ether oxygens (including phenoxy) is 2. The third-order valence-corrected chi connectivity index (χ3v) is 5.32. The second kappa shape index (κ2) is 10.1. The molecule has 0 radical (unpaired) electrons. The Morgan fingerprint density at radius 2 is 1.50 bits per heavy atom. The van der Waals surface area contributed by atoms with Crippen LogP contribution in [0.15, 0.2) is 78.9 Å². The predicted molar refractivity (Wildman–Crippen MR) is 120 cm³/mol. The summed E-state index contributed by atoms with van der Waals surface area (Å²) in [5.41, 5.74) is 15.7. The molecular weight excluding hydrogens is 374 g/mol. The standard InChI is InChI=1S/C25H29N3O2/c26-21-10-14-24(15-11-21)30-18-22-17-25(28-27-22)20-8-12-23(13-9-20)29-16-4-7-19-5-2-1-3-6-19/h1-3,5-6,8-15,22,25,27-28H,4,7,16-18,26H2. The lowest BCUT2D eigenvalue weighted by Crippen LogP contribution is -2.34. The van der Waals surface area contributed by atoms with Gasteiger partial charge in [0.05, 0.1) is 12.6 Å². The topological polar surface area (TPSA) is 68.5 Å². The van der Waals surface area contributed by atoms with Gasteiger partial charge in [-0.2, -0.15) is 0 Å². The quantitative estimate of drug-likeness (QED) is 0.368. The second-order valence-electron chi connectivity index (χ2n) is 7.66. The normalized spacial score (nSPS) is 18.3. The van der Waals surface area contributed by atoms with Crippen molar-refractivity contribution in [3.05, 3.63) is 90.0 Å². The molecule has 3 aromatic rings. The lowest BCUT2D eigenvalue weighted by molar-refractivity contribution is 0.273. The van der Waals surface area contributed by atoms with Crippen molar-refractivity contribution in [3.63, 3.8) is 0 Å². The number of hydrogen-bond donors (Lipinski definition) is 3. The van der Waals surface area contributed by atoms with Crippen molar-refractivity contribution in [2.24, 2.45) is 0 Å². The number of nitrogen functional groups attached to an aromatic ring is 1. The van der Waals surface area contributed by atoms with E-state index in [1.807, 2.05) is 30.3 Å². The molecule has 2 unspecified atom stereocenters. The maximum Gasteiger partial charge on any atom is 0.119 e. The van der Waals surface area contributed by atoms with Crippen molar-refractivity contribution < 1.29 is 9.47 Å². The Bertz CT molecular complexity index is 898. The molecule has 4 rings (SSSR count). The predicted octanol–water partition coefficient (Wildman–Crippen LogP) is 4.27. The highest BCUT2D eigenvalue weighted by molar-refractivity contribution is 5.41. The minimum atomic E-state index is 0.251. The highest BCUT2D eigenvalue weighted by Crippen LogP contribution is 2.25. The van der Waals surface area contributed by atoms with Gasteiger partial charge in [0.1, 0.15) is 18.1 Å². The maximum absolute atomic E-state index is 5.90. The zero-order valence-electron chi connectivity index (χ0n) is 17.1. The van der Waals surface area contributed by atoms with Crippen molar-refractivity contribution >= 4 is 5.69 Å². The number of hydrazine groups is 1. The zero-order valence-corrected chi connectivity index (χ0v) is 17.1. The highest BCUT2D eigenvalue weighted by Gasteiger charge is 2.25. The molecular formula is C25H29N3O2. The minimum absolute atomic E-state index is 0.251. The van der Waals surface area contributed by atoms with Gasteiger partial charge in [-0.3, -0.25) is 5.43 Å². The molecule has 0 aliphatic carbocycles. The van der Waals surface area contributed by atoms with Crippen LogP contribution in [0.4, 0.5) is 5.69 Å². The highest BCUT2D eigenvalue weighted by atomic mass is 16.5. The molecule has 156 valence electrons. The van der Waals surface area contributed by atoms with Gasteiger partial charge in [0.2, 0.25) is 0 Å². The summed E-state index contributed by atoms with van der Waals surface area (Å²) >= 11 is 0. The molecule has 0 amide bonds. The number of benzene rings is 3. The van der Waals surface area contributed by atoms with Gasteiger partial charge in [-0.15, -0.1) is 0 Å². The molecule has 0 bridgehead atoms. The SMILES string of the molecule is Nc1ccc(OCC2CC(c3ccc(OCCCc4ccccc4)cc3)NN2)cc1. The van der Waals surface area contributed by atoms with E-state index in [2.05, 4.69) is 59.4 Å². The van der Waals surface area contributed by atoms with Crippen LogP contribution in [0.1, 0.15) is 30.0 Å². The Balaban J connectivity index is 1.19. The van der Waals surface area contributed by atoms with Gasteiger partial charge in [-0.05, 0) is 66.8 Å². The Labute approximate surface area is 178 Å². The lowest BCUT2D eigenvalue weighted by atomic mass is 10.0. The summed E-state index contributed by atoms with van der Waals surface area (Å²) in [6.07, 6.45) is 3.01. The zero-order chi connectivity index (χ0) is 20.6. The maximum atomic E-state index is 5.90. The van der Waals surface area contributed by atoms with E-state index in [-0.39, 0.29) is 12.1 Å². The van der Waals surface area contributed by atoms with Gasteiger partial charge < -0.3 is 15.2 Å². The Kier molecular flexibility index (Phi) is 6.85. The van der Waals surface area contributed by atoms with E-state index in [0.717, 1.165) is 43.1 Å². The van der Waals surface area contributed by atoms with Gasteiger partial charge in [0.15, 0.2) is 0 Å². The molecule has 0 aromatic heterocycles. The van der Waals surface area contributed by atoms with Crippen LogP contribution in [0.5, 0.6) is 11.5 Å². The first-order valence-electron chi connectivity index (χ1n) is 10.5. The molecule has 1 aliphatic rings. The fourth-order valence-corrected chi connectivity index (χ4v) is 3.62. The summed E-state index contributed by atoms with van der Waals surface area (Å²) in [6, 6.07) is 26.9. The van der Waals surface area contributed by atoms with Crippen LogP contribution in [0.25, 0.3) is 0 Å². The van der Waals surface area contributed by atoms with E-state index in [4.69, 9.17) is 15.2 Å². The summed E-state index contributed by atoms with van der Waals surface area (Å²) in [5.74, 6) is 1.75. The molecule has 5 nitrogen and oxygen atoms in total. The van der Waals surface area contributed by atoms with Gasteiger partial charge >= 0.3 is 0 Å². The second-order valence-corrected chi connectivity index (χ2v) is 7.66. The van der Waals surface area contributed by atoms with Gasteiger partial charge in [-0.1, -0.05) is 42.5 Å². The first kappa shape index (κ1) is 20.3. The summed E-state index contributed by atoms with van der Waals surface area (Å²) < 4.78 is 11.8. The van der Waals surface area contributed by atoms with Crippen LogP contribution < -0.4 is 26.1 Å². The van der Waals surface area contributed by atoms with Crippen LogP contribution in [-0.4, -0.2) is 19.3 Å². The molecule has 2 atom stereocenters. The van der Waals surface area contributed by atoms with Crippen molar-refractivity contribution in [3.8, 4) is 11.5 Å². The number of rotatable bonds is 9. The number of hydrogen-bond acceptors (Lipinski definition) is 5. The summed E-state index contributed by atoms with van der Waals surface area (Å²) in [5, 5.41) is 0. The van der Waals surface area contributed by atoms with Crippen molar-refractivity contribution in [1.82, 2.24) is 10.9 Å². The molecule has 30 heavy (non-hydrogen) atoms. The third kappa shape index (κ3) is 5.75. The molecule has 0 saturated carbocycles. The molecule has 1 aliphatic heterocycles. The van der Waals surface area contributed by atoms with E-state index >= 15 is 0 Å². The number of nitrogens with one attached hydrogen (secondary N) is 2. The Morgan fingerprint density at radius 3 is 2.27 bits per heavy atom. The molecule has 4 N–H and O–H groups in total. The van der Waals surface area contributed by atoms with E-state index in [1.165, 1.54) is 11.1 Å². The van der Waals surface area contributed by atoms with Crippen LogP contribution in [0, 0.1) is 0 Å².